The number of phenolic OH excluding ortho intramolecular Hbond substituents is 1. The van der Waals surface area contributed by atoms with Crippen molar-refractivity contribution in [1.29, 1.82) is 0 Å². The largest absolute Gasteiger partial charge is 0.504 e. The van der Waals surface area contributed by atoms with Crippen LogP contribution in [0.5, 0.6) is 11.5 Å². The number of aromatic hydroxyl groups is 1. The normalized spacial score (nSPS) is 10.1. The summed E-state index contributed by atoms with van der Waals surface area (Å²) in [6.07, 6.45) is 0.983. The van der Waals surface area contributed by atoms with Crippen LogP contribution in [0.4, 0.5) is 0 Å². The molecule has 3 nitrogen and oxygen atoms in total. The third-order valence-corrected chi connectivity index (χ3v) is 3.02. The first-order chi connectivity index (χ1) is 9.08. The Labute approximate surface area is 118 Å². The Morgan fingerprint density at radius 1 is 1.21 bits per heavy atom. The van der Waals surface area contributed by atoms with Crippen LogP contribution < -0.4 is 4.74 Å². The van der Waals surface area contributed by atoms with Gasteiger partial charge in [-0.2, -0.15) is 0 Å². The van der Waals surface area contributed by atoms with Gasteiger partial charge in [-0.05, 0) is 57.1 Å². The van der Waals surface area contributed by atoms with Gasteiger partial charge in [0.05, 0.1) is 6.61 Å². The Bertz CT molecular complexity index is 364. The molecule has 0 radical (unpaired) electrons. The lowest BCUT2D eigenvalue weighted by Crippen LogP contribution is -2.20. The highest BCUT2D eigenvalue weighted by atomic mass is 16.5. The molecule has 1 rings (SSSR count). The number of phenols is 1. The fourth-order valence-electron chi connectivity index (χ4n) is 1.72. The van der Waals surface area contributed by atoms with E-state index in [1.165, 1.54) is 5.56 Å². The quantitative estimate of drug-likeness (QED) is 0.854. The zero-order valence-corrected chi connectivity index (χ0v) is 13.3. The molecule has 0 aliphatic heterocycles. The number of likely N-dealkylation sites (N-methyl/N-ethyl adjacent to an activating group) is 1. The summed E-state index contributed by atoms with van der Waals surface area (Å²) < 4.78 is 5.40. The molecular formula is C16H29NO2. The summed E-state index contributed by atoms with van der Waals surface area (Å²) in [6.45, 7) is 12.7. The number of nitrogens with zero attached hydrogens (tertiary/aromatic N) is 1. The minimum absolute atomic E-state index is 0.233. The first-order valence-corrected chi connectivity index (χ1v) is 7.22. The van der Waals surface area contributed by atoms with Gasteiger partial charge in [0.15, 0.2) is 11.5 Å². The van der Waals surface area contributed by atoms with Crippen LogP contribution in [0.3, 0.4) is 0 Å². The molecule has 3 heteroatoms. The molecule has 0 saturated carbocycles. The van der Waals surface area contributed by atoms with Gasteiger partial charge < -0.3 is 14.7 Å². The molecule has 1 aromatic carbocycles. The summed E-state index contributed by atoms with van der Waals surface area (Å²) in [5.41, 5.74) is 2.36. The number of rotatable bonds is 6. The smallest absolute Gasteiger partial charge is 0.161 e. The van der Waals surface area contributed by atoms with Crippen molar-refractivity contribution in [3.8, 4) is 11.5 Å². The zero-order chi connectivity index (χ0) is 14.8. The van der Waals surface area contributed by atoms with Crippen molar-refractivity contribution in [2.75, 3.05) is 26.7 Å². The van der Waals surface area contributed by atoms with Crippen LogP contribution in [-0.2, 0) is 6.42 Å². The Balaban J connectivity index is 0.00000154. The molecule has 0 aromatic heterocycles. The van der Waals surface area contributed by atoms with Crippen molar-refractivity contribution in [1.82, 2.24) is 4.90 Å². The average molecular weight is 267 g/mol. The number of benzene rings is 1. The van der Waals surface area contributed by atoms with Crippen LogP contribution in [-0.4, -0.2) is 36.8 Å². The van der Waals surface area contributed by atoms with E-state index in [2.05, 4.69) is 18.9 Å². The van der Waals surface area contributed by atoms with Gasteiger partial charge in [-0.3, -0.25) is 0 Å². The highest BCUT2D eigenvalue weighted by molar-refractivity contribution is 5.46. The van der Waals surface area contributed by atoms with Gasteiger partial charge in [0.25, 0.3) is 0 Å². The average Bonchev–Trinajstić information content (AvgIpc) is 2.42. The van der Waals surface area contributed by atoms with Crippen molar-refractivity contribution in [2.45, 2.75) is 41.0 Å². The van der Waals surface area contributed by atoms with Crippen molar-refractivity contribution in [2.24, 2.45) is 0 Å². The maximum Gasteiger partial charge on any atom is 0.161 e. The minimum atomic E-state index is 0.233. The van der Waals surface area contributed by atoms with E-state index >= 15 is 0 Å². The van der Waals surface area contributed by atoms with E-state index in [4.69, 9.17) is 4.74 Å². The standard InChI is InChI=1S/C14H23NO2.C2H6/c1-5-15(4)8-7-12-10-14(17-6-2)13(16)9-11(12)3;1-2/h9-10,16H,5-8H2,1-4H3;1-2H3. The molecule has 1 aromatic rings. The van der Waals surface area contributed by atoms with Gasteiger partial charge in [-0.25, -0.2) is 0 Å². The second kappa shape index (κ2) is 9.68. The molecule has 0 aliphatic rings. The highest BCUT2D eigenvalue weighted by Crippen LogP contribution is 2.29. The second-order valence-corrected chi connectivity index (χ2v) is 4.33. The van der Waals surface area contributed by atoms with E-state index in [1.54, 1.807) is 6.07 Å². The summed E-state index contributed by atoms with van der Waals surface area (Å²) >= 11 is 0. The van der Waals surface area contributed by atoms with Gasteiger partial charge in [0, 0.05) is 6.54 Å². The van der Waals surface area contributed by atoms with Gasteiger partial charge >= 0.3 is 0 Å². The van der Waals surface area contributed by atoms with Crippen LogP contribution in [0.1, 0.15) is 38.8 Å². The van der Waals surface area contributed by atoms with Crippen molar-refractivity contribution >= 4 is 0 Å². The van der Waals surface area contributed by atoms with Crippen LogP contribution >= 0.6 is 0 Å². The first-order valence-electron chi connectivity index (χ1n) is 7.22. The summed E-state index contributed by atoms with van der Waals surface area (Å²) in [6, 6.07) is 3.74. The van der Waals surface area contributed by atoms with E-state index in [1.807, 2.05) is 33.8 Å². The van der Waals surface area contributed by atoms with Crippen LogP contribution in [0, 0.1) is 6.92 Å². The SMILES string of the molecule is CC.CCOc1cc(CCN(C)CC)c(C)cc1O. The Kier molecular flexibility index (Phi) is 9.06. The Morgan fingerprint density at radius 2 is 1.84 bits per heavy atom. The predicted molar refractivity (Wildman–Crippen MR) is 82.2 cm³/mol. The molecular weight excluding hydrogens is 238 g/mol. The molecule has 0 spiro atoms. The number of hydrogen-bond donors (Lipinski definition) is 1. The monoisotopic (exact) mass is 267 g/mol. The van der Waals surface area contributed by atoms with Crippen LogP contribution in [0.2, 0.25) is 0 Å². The summed E-state index contributed by atoms with van der Waals surface area (Å²) in [4.78, 5) is 2.27. The maximum absolute atomic E-state index is 9.74. The van der Waals surface area contributed by atoms with Crippen LogP contribution in [0.15, 0.2) is 12.1 Å². The summed E-state index contributed by atoms with van der Waals surface area (Å²) in [5, 5.41) is 9.74. The van der Waals surface area contributed by atoms with Gasteiger partial charge in [-0.1, -0.05) is 20.8 Å². The van der Waals surface area contributed by atoms with E-state index in [0.717, 1.165) is 25.1 Å². The number of ether oxygens (including phenoxy) is 1. The molecule has 0 unspecified atom stereocenters. The molecule has 110 valence electrons. The van der Waals surface area contributed by atoms with E-state index in [0.29, 0.717) is 12.4 Å². The lowest BCUT2D eigenvalue weighted by atomic mass is 10.0. The minimum Gasteiger partial charge on any atom is -0.504 e. The zero-order valence-electron chi connectivity index (χ0n) is 13.3. The Morgan fingerprint density at radius 3 is 2.37 bits per heavy atom. The van der Waals surface area contributed by atoms with Crippen molar-refractivity contribution < 1.29 is 9.84 Å². The first kappa shape index (κ1) is 17.8. The topological polar surface area (TPSA) is 32.7 Å². The molecule has 0 saturated heterocycles. The molecule has 0 aliphatic carbocycles. The third-order valence-electron chi connectivity index (χ3n) is 3.02. The van der Waals surface area contributed by atoms with Crippen LogP contribution in [0.25, 0.3) is 0 Å². The van der Waals surface area contributed by atoms with E-state index in [9.17, 15) is 5.11 Å². The molecule has 0 amide bonds. The van der Waals surface area contributed by atoms with Crippen molar-refractivity contribution in [3.05, 3.63) is 23.3 Å². The molecule has 0 heterocycles. The molecule has 0 fully saturated rings. The fourth-order valence-corrected chi connectivity index (χ4v) is 1.72. The lowest BCUT2D eigenvalue weighted by molar-refractivity contribution is 0.317. The lowest BCUT2D eigenvalue weighted by Gasteiger charge is -2.16. The molecule has 1 N–H and O–H groups in total. The predicted octanol–water partition coefficient (Wildman–Crippen LogP) is 3.62. The van der Waals surface area contributed by atoms with Gasteiger partial charge in [0.2, 0.25) is 0 Å². The second-order valence-electron chi connectivity index (χ2n) is 4.33. The number of aryl methyl sites for hydroxylation is 1. The maximum atomic E-state index is 9.74. The summed E-state index contributed by atoms with van der Waals surface area (Å²) in [5.74, 6) is 0.823. The summed E-state index contributed by atoms with van der Waals surface area (Å²) in [7, 11) is 2.11. The molecule has 19 heavy (non-hydrogen) atoms. The number of hydrogen-bond acceptors (Lipinski definition) is 3. The van der Waals surface area contributed by atoms with Gasteiger partial charge in [0.1, 0.15) is 0 Å². The Hall–Kier alpha value is -1.22. The fraction of sp³-hybridized carbons (Fsp3) is 0.625. The third kappa shape index (κ3) is 5.97. The van der Waals surface area contributed by atoms with Crippen molar-refractivity contribution in [3.63, 3.8) is 0 Å². The van der Waals surface area contributed by atoms with Gasteiger partial charge in [-0.15, -0.1) is 0 Å². The molecule has 0 bridgehead atoms. The highest BCUT2D eigenvalue weighted by Gasteiger charge is 2.08. The molecule has 0 atom stereocenters. The van der Waals surface area contributed by atoms with E-state index in [-0.39, 0.29) is 5.75 Å². The van der Waals surface area contributed by atoms with E-state index < -0.39 is 0 Å².